The van der Waals surface area contributed by atoms with Crippen LogP contribution in [0.3, 0.4) is 0 Å². The largest absolute Gasteiger partial charge is 0.349 e. The van der Waals surface area contributed by atoms with Gasteiger partial charge in [0.25, 0.3) is 0 Å². The second-order valence-electron chi connectivity index (χ2n) is 30.0. The van der Waals surface area contributed by atoms with Crippen LogP contribution in [0, 0.1) is 27.1 Å². The van der Waals surface area contributed by atoms with Gasteiger partial charge in [0, 0.05) is 96.1 Å². The molecule has 468 valence electrons. The van der Waals surface area contributed by atoms with Gasteiger partial charge in [-0.05, 0) is 99.8 Å². The second-order valence-corrected chi connectivity index (χ2v) is 30.0. The summed E-state index contributed by atoms with van der Waals surface area (Å²) >= 11 is 0. The van der Waals surface area contributed by atoms with Crippen molar-refractivity contribution in [2.75, 3.05) is 6.54 Å². The molecule has 2 amide bonds. The number of nitrogens with one attached hydrogen (secondary N) is 5. The van der Waals surface area contributed by atoms with Crippen LogP contribution in [-0.4, -0.2) is 105 Å². The molecule has 15 nitrogen and oxygen atoms in total. The van der Waals surface area contributed by atoms with E-state index in [-0.39, 0.29) is 117 Å². The zero-order valence-corrected chi connectivity index (χ0v) is 56.5. The molecule has 0 fully saturated rings. The van der Waals surface area contributed by atoms with E-state index in [1.807, 2.05) is 159 Å². The Bertz CT molecular complexity index is 1950. The van der Waals surface area contributed by atoms with E-state index in [9.17, 15) is 47.9 Å². The first kappa shape index (κ1) is 82.6. The Morgan fingerprint density at radius 2 is 0.662 bits per heavy atom. The monoisotopic (exact) mass is 1130 g/mol. The Morgan fingerprint density at radius 1 is 0.338 bits per heavy atom. The lowest BCUT2D eigenvalue weighted by Gasteiger charge is -2.32. The van der Waals surface area contributed by atoms with E-state index >= 15 is 0 Å². The van der Waals surface area contributed by atoms with Gasteiger partial charge in [-0.15, -0.1) is 0 Å². The fourth-order valence-electron chi connectivity index (χ4n) is 7.45. The van der Waals surface area contributed by atoms with Crippen LogP contribution in [0.25, 0.3) is 0 Å². The molecular weight excluding hydrogens is 1010 g/mol. The number of amides is 2. The summed E-state index contributed by atoms with van der Waals surface area (Å²) in [5, 5.41) is 15.4. The zero-order valence-electron chi connectivity index (χ0n) is 56.5. The van der Waals surface area contributed by atoms with Crippen molar-refractivity contribution in [3.05, 3.63) is 0 Å². The molecule has 0 aliphatic carbocycles. The van der Waals surface area contributed by atoms with Crippen LogP contribution in [0.5, 0.6) is 0 Å². The Hall–Kier alpha value is -3.82. The molecule has 0 aliphatic heterocycles. The number of Topliss-reactive ketones (excluding diaryl/α,β-unsaturated/α-hetero) is 8. The van der Waals surface area contributed by atoms with Gasteiger partial charge >= 0.3 is 0 Å². The summed E-state index contributed by atoms with van der Waals surface area (Å²) in [7, 11) is 0. The van der Waals surface area contributed by atoms with E-state index in [4.69, 9.17) is 0 Å². The molecule has 0 aromatic carbocycles. The number of hydrogen-bond donors (Lipinski definition) is 5. The van der Waals surface area contributed by atoms with Gasteiger partial charge in [0.2, 0.25) is 11.8 Å². The maximum absolute atomic E-state index is 12.6. The number of hydrogen-bond acceptors (Lipinski definition) is 13. The molecule has 0 spiro atoms. The van der Waals surface area contributed by atoms with E-state index in [0.29, 0.717) is 77.0 Å². The van der Waals surface area contributed by atoms with Gasteiger partial charge in [-0.1, -0.05) is 132 Å². The maximum Gasteiger partial charge on any atom is 0.220 e. The molecule has 0 aromatic rings. The van der Waals surface area contributed by atoms with Gasteiger partial charge in [-0.2, -0.15) is 0 Å². The molecule has 15 heteroatoms. The van der Waals surface area contributed by atoms with Crippen molar-refractivity contribution in [2.45, 2.75) is 325 Å². The van der Waals surface area contributed by atoms with Crippen LogP contribution in [0.2, 0.25) is 0 Å². The molecule has 0 saturated heterocycles. The van der Waals surface area contributed by atoms with Crippen LogP contribution in [0.15, 0.2) is 0 Å². The highest BCUT2D eigenvalue weighted by Gasteiger charge is 2.35. The minimum atomic E-state index is -0.511. The zero-order chi connectivity index (χ0) is 64.2. The minimum Gasteiger partial charge on any atom is -0.349 e. The lowest BCUT2D eigenvalue weighted by molar-refractivity contribution is -0.131. The lowest BCUT2D eigenvalue weighted by atomic mass is 9.81. The molecule has 0 radical (unpaired) electrons. The Morgan fingerprint density at radius 3 is 0.975 bits per heavy atom. The summed E-state index contributed by atoms with van der Waals surface area (Å²) in [5.74, 6) is 0.714. The summed E-state index contributed by atoms with van der Waals surface area (Å²) in [4.78, 5) is 119. The molecule has 0 saturated carbocycles. The van der Waals surface area contributed by atoms with E-state index in [1.54, 1.807) is 13.8 Å². The average Bonchev–Trinajstić information content (AvgIpc) is 3.29. The fourth-order valence-corrected chi connectivity index (χ4v) is 7.45. The smallest absolute Gasteiger partial charge is 0.220 e. The highest BCUT2D eigenvalue weighted by molar-refractivity contribution is 5.92. The van der Waals surface area contributed by atoms with Crippen molar-refractivity contribution in [3.63, 3.8) is 0 Å². The maximum atomic E-state index is 12.6. The standard InChI is InChI=1S/C19H36N2O3.C17H33NO2.C16H29NO3.C13H25NO2/c1-17(2,3)14(22)12-20-15(23)11-10-13(21-19(7,8)9)16(24)18(4,5)6;1-15(2,3)13(19)11-10-12(18-17(7,8)9)14(20)16(4,5)6;1-6-12(18)8-9-13(14(19)7-2)17-15(20)10-11-16(3,4)5;1-6-10(15)8-9-11(12(16)7-2)14-13(3,4)5/h13,21H,10-12H2,1-9H3,(H,20,23);12,18H,10-11H2,1-9H3;13H,6-11H2,1-5H3,(H,17,20);11,14H,6-9H2,1-5H3. The first-order valence-electron chi connectivity index (χ1n) is 29.8. The van der Waals surface area contributed by atoms with Crippen molar-refractivity contribution in [2.24, 2.45) is 27.1 Å². The Labute approximate surface area is 488 Å². The Kier molecular flexibility index (Phi) is 37.9. The molecule has 4 unspecified atom stereocenters. The highest BCUT2D eigenvalue weighted by Crippen LogP contribution is 2.25. The molecule has 80 heavy (non-hydrogen) atoms. The summed E-state index contributed by atoms with van der Waals surface area (Å²) in [6.45, 7) is 54.5. The van der Waals surface area contributed by atoms with Crippen LogP contribution in [0.1, 0.15) is 284 Å². The van der Waals surface area contributed by atoms with Gasteiger partial charge in [-0.25, -0.2) is 0 Å². The van der Waals surface area contributed by atoms with Crippen molar-refractivity contribution < 1.29 is 47.9 Å². The third-order valence-electron chi connectivity index (χ3n) is 12.5. The summed E-state index contributed by atoms with van der Waals surface area (Å²) in [6, 6.07) is -1.33. The van der Waals surface area contributed by atoms with Gasteiger partial charge in [-0.3, -0.25) is 47.9 Å². The topological polar surface area (TPSA) is 231 Å². The van der Waals surface area contributed by atoms with Gasteiger partial charge in [0.05, 0.1) is 30.7 Å². The first-order valence-corrected chi connectivity index (χ1v) is 29.8. The fraction of sp³-hybridized carbons (Fsp3) is 0.846. The molecule has 0 bridgehead atoms. The summed E-state index contributed by atoms with van der Waals surface area (Å²) in [5.41, 5.74) is -2.02. The predicted molar refractivity (Wildman–Crippen MR) is 330 cm³/mol. The van der Waals surface area contributed by atoms with E-state index in [1.165, 1.54) is 0 Å². The quantitative estimate of drug-likeness (QED) is 0.0491. The third-order valence-corrected chi connectivity index (χ3v) is 12.5. The lowest BCUT2D eigenvalue weighted by Crippen LogP contribution is -2.51. The predicted octanol–water partition coefficient (Wildman–Crippen LogP) is 12.1. The van der Waals surface area contributed by atoms with Crippen molar-refractivity contribution in [1.82, 2.24) is 26.6 Å². The molecule has 4 atom stereocenters. The SMILES string of the molecule is CC(C)(C)NC(CCC(=O)C(C)(C)C)C(=O)C(C)(C)C.CC(C)(C)NC(CCC(=O)NCC(=O)C(C)(C)C)C(=O)C(C)(C)C.CCC(=O)CCC(NC(=O)CCC(C)(C)C)C(=O)CC.CCC(=O)CCC(NC(C)(C)C)C(=O)CC. The molecule has 0 aromatic heterocycles. The summed E-state index contributed by atoms with van der Waals surface area (Å²) in [6.07, 6.45) is 6.67. The molecular formula is C65H123N5O10. The third kappa shape index (κ3) is 44.8. The van der Waals surface area contributed by atoms with Crippen molar-refractivity contribution in [1.29, 1.82) is 0 Å². The number of carbonyl (C=O) groups excluding carboxylic acids is 10. The summed E-state index contributed by atoms with van der Waals surface area (Å²) < 4.78 is 0. The average molecular weight is 1130 g/mol. The van der Waals surface area contributed by atoms with Crippen LogP contribution in [-0.2, 0) is 47.9 Å². The molecule has 0 rings (SSSR count). The molecule has 5 N–H and O–H groups in total. The van der Waals surface area contributed by atoms with Crippen LogP contribution >= 0.6 is 0 Å². The molecule has 0 heterocycles. The molecule has 0 aliphatic rings. The van der Waals surface area contributed by atoms with Gasteiger partial charge < -0.3 is 26.6 Å². The van der Waals surface area contributed by atoms with E-state index in [0.717, 1.165) is 6.42 Å². The van der Waals surface area contributed by atoms with Crippen LogP contribution < -0.4 is 26.6 Å². The number of carbonyl (C=O) groups is 10. The van der Waals surface area contributed by atoms with Crippen molar-refractivity contribution >= 4 is 58.1 Å². The Balaban J connectivity index is -0.000000486. The number of ketones is 8. The number of rotatable bonds is 28. The first-order chi connectivity index (χ1) is 35.7. The second kappa shape index (κ2) is 36.7. The van der Waals surface area contributed by atoms with E-state index in [2.05, 4.69) is 47.4 Å². The van der Waals surface area contributed by atoms with Crippen molar-refractivity contribution in [3.8, 4) is 0 Å². The normalized spacial score (nSPS) is 13.9. The minimum absolute atomic E-state index is 0.00184. The van der Waals surface area contributed by atoms with Crippen LogP contribution in [0.4, 0.5) is 0 Å². The van der Waals surface area contributed by atoms with Gasteiger partial charge in [0.1, 0.15) is 23.1 Å². The van der Waals surface area contributed by atoms with Gasteiger partial charge in [0.15, 0.2) is 23.1 Å². The highest BCUT2D eigenvalue weighted by atomic mass is 16.2. The van der Waals surface area contributed by atoms with E-state index < -0.39 is 22.3 Å².